The molecular formula is C44H54ClN9O4. The molecule has 0 heterocycles. The summed E-state index contributed by atoms with van der Waals surface area (Å²) in [6.07, 6.45) is 1.33. The van der Waals surface area contributed by atoms with Gasteiger partial charge in [-0.3, -0.25) is 29.2 Å². The van der Waals surface area contributed by atoms with Crippen LogP contribution in [0.2, 0.25) is 5.02 Å². The van der Waals surface area contributed by atoms with Crippen LogP contribution in [-0.4, -0.2) is 60.5 Å². The van der Waals surface area contributed by atoms with Crippen molar-refractivity contribution < 1.29 is 19.2 Å². The van der Waals surface area contributed by atoms with Gasteiger partial charge >= 0.3 is 0 Å². The predicted octanol–water partition coefficient (Wildman–Crippen LogP) is 4.01. The van der Waals surface area contributed by atoms with Gasteiger partial charge in [-0.15, -0.1) is 0 Å². The summed E-state index contributed by atoms with van der Waals surface area (Å²) in [6, 6.07) is 30.8. The first-order chi connectivity index (χ1) is 27.8. The van der Waals surface area contributed by atoms with Gasteiger partial charge in [-0.05, 0) is 84.0 Å². The summed E-state index contributed by atoms with van der Waals surface area (Å²) in [5.74, 6) is -3.69. The van der Waals surface area contributed by atoms with Crippen molar-refractivity contribution in [1.29, 1.82) is 0 Å². The van der Waals surface area contributed by atoms with Crippen LogP contribution in [0, 0.1) is 11.8 Å². The highest BCUT2D eigenvalue weighted by Crippen LogP contribution is 2.25. The van der Waals surface area contributed by atoms with Crippen LogP contribution in [0.15, 0.2) is 113 Å². The van der Waals surface area contributed by atoms with Crippen molar-refractivity contribution in [1.82, 2.24) is 5.32 Å². The lowest BCUT2D eigenvalue weighted by molar-refractivity contribution is -0.134. The molecule has 0 unspecified atom stereocenters. The highest BCUT2D eigenvalue weighted by Gasteiger charge is 2.31. The van der Waals surface area contributed by atoms with Crippen LogP contribution < -0.4 is 39.7 Å². The maximum Gasteiger partial charge on any atom is 0.224 e. The van der Waals surface area contributed by atoms with Gasteiger partial charge in [-0.2, -0.15) is 0 Å². The van der Waals surface area contributed by atoms with Gasteiger partial charge < -0.3 is 39.7 Å². The maximum atomic E-state index is 14.1. The van der Waals surface area contributed by atoms with Crippen LogP contribution in [-0.2, 0) is 32.0 Å². The number of amides is 2. The monoisotopic (exact) mass is 807 g/mol. The molecule has 4 rings (SSSR count). The molecule has 4 aromatic rings. The fraction of sp³-hybridized carbons (Fsp3) is 0.318. The number of carbonyl (C=O) groups excluding carboxylic acids is 4. The zero-order chi connectivity index (χ0) is 42.0. The van der Waals surface area contributed by atoms with E-state index in [4.69, 9.17) is 46.0 Å². The highest BCUT2D eigenvalue weighted by molar-refractivity contribution is 6.30. The Kier molecular flexibility index (Phi) is 17.4. The molecule has 306 valence electrons. The first-order valence-corrected chi connectivity index (χ1v) is 19.7. The quantitative estimate of drug-likeness (QED) is 0.0324. The van der Waals surface area contributed by atoms with Gasteiger partial charge in [0, 0.05) is 42.8 Å². The maximum absolute atomic E-state index is 14.1. The first-order valence-electron chi connectivity index (χ1n) is 19.3. The highest BCUT2D eigenvalue weighted by atomic mass is 35.5. The second-order valence-electron chi connectivity index (χ2n) is 14.4. The molecule has 0 aromatic heterocycles. The molecule has 0 aliphatic rings. The fourth-order valence-corrected chi connectivity index (χ4v) is 6.84. The molecule has 0 radical (unpaired) electrons. The minimum Gasteiger partial charge on any atom is -0.370 e. The summed E-state index contributed by atoms with van der Waals surface area (Å²) in [6.45, 7) is 0.498. The van der Waals surface area contributed by atoms with Crippen molar-refractivity contribution in [2.45, 2.75) is 63.5 Å². The number of guanidine groups is 2. The third-order valence-corrected chi connectivity index (χ3v) is 10.1. The van der Waals surface area contributed by atoms with Crippen molar-refractivity contribution in [3.8, 4) is 22.3 Å². The van der Waals surface area contributed by atoms with Crippen LogP contribution in [0.25, 0.3) is 22.3 Å². The van der Waals surface area contributed by atoms with E-state index in [0.717, 1.165) is 33.4 Å². The lowest BCUT2D eigenvalue weighted by atomic mass is 9.89. The van der Waals surface area contributed by atoms with Crippen LogP contribution in [0.1, 0.15) is 49.7 Å². The molecule has 58 heavy (non-hydrogen) atoms. The number of primary amides is 1. The number of Topliss-reactive ketones (excluding diaryl/α,β-unsaturated/α-hetero) is 2. The summed E-state index contributed by atoms with van der Waals surface area (Å²) in [5, 5.41) is 3.52. The minimum absolute atomic E-state index is 0.0827. The molecule has 0 aliphatic heterocycles. The Morgan fingerprint density at radius 2 is 1.09 bits per heavy atom. The molecule has 0 spiro atoms. The van der Waals surface area contributed by atoms with E-state index in [9.17, 15) is 19.2 Å². The number of hydrogen-bond acceptors (Lipinski definition) is 7. The topological polar surface area (TPSA) is 261 Å². The van der Waals surface area contributed by atoms with Crippen LogP contribution >= 0.6 is 11.6 Å². The smallest absolute Gasteiger partial charge is 0.224 e. The van der Waals surface area contributed by atoms with Gasteiger partial charge in [0.2, 0.25) is 11.8 Å². The summed E-state index contributed by atoms with van der Waals surface area (Å²) in [4.78, 5) is 62.3. The molecule has 0 aliphatic carbocycles. The number of rotatable bonds is 23. The zero-order valence-corrected chi connectivity index (χ0v) is 33.3. The van der Waals surface area contributed by atoms with Crippen molar-refractivity contribution in [3.63, 3.8) is 0 Å². The number of halogens is 1. The Morgan fingerprint density at radius 1 is 0.586 bits per heavy atom. The van der Waals surface area contributed by atoms with Gasteiger partial charge in [-0.25, -0.2) is 0 Å². The predicted molar refractivity (Wildman–Crippen MR) is 231 cm³/mol. The van der Waals surface area contributed by atoms with E-state index in [-0.39, 0.29) is 75.1 Å². The standard InChI is InChI=1S/C44H54ClN9O4/c45-36-12-4-9-33(25-36)32-19-15-29(16-20-32)24-38(40(56)26-34(41(47)57)10-5-21-52-43(48)49)54-42(58)35(11-6-22-53-44(50)51)27-39(55)37(46)23-28-13-17-31(18-14-28)30-7-2-1-3-8-30/h1-4,7-9,12-20,25,34-35,37-38H,5-6,10-11,21-24,26-27,46H2,(H2,47,57)(H,54,58)(H4,48,49,52)(H4,50,51,53)/t34-,35-,37+,38+/m1/s1. The number of hydrogen-bond donors (Lipinski definition) is 7. The number of aliphatic imine (C=N–C) groups is 2. The Hall–Kier alpha value is -6.05. The third kappa shape index (κ3) is 14.8. The lowest BCUT2D eigenvalue weighted by Gasteiger charge is -2.24. The first kappa shape index (κ1) is 44.7. The summed E-state index contributed by atoms with van der Waals surface area (Å²) < 4.78 is 0. The summed E-state index contributed by atoms with van der Waals surface area (Å²) in [5.41, 5.74) is 39.6. The van der Waals surface area contributed by atoms with E-state index in [2.05, 4.69) is 15.3 Å². The molecule has 4 atom stereocenters. The van der Waals surface area contributed by atoms with Crippen LogP contribution in [0.5, 0.6) is 0 Å². The summed E-state index contributed by atoms with van der Waals surface area (Å²) in [7, 11) is 0. The Balaban J connectivity index is 1.53. The molecule has 0 saturated carbocycles. The average molecular weight is 808 g/mol. The van der Waals surface area contributed by atoms with Gasteiger partial charge in [0.1, 0.15) is 0 Å². The van der Waals surface area contributed by atoms with Crippen molar-refractivity contribution in [2.24, 2.45) is 56.2 Å². The minimum atomic E-state index is -1.05. The van der Waals surface area contributed by atoms with Gasteiger partial charge in [0.25, 0.3) is 0 Å². The van der Waals surface area contributed by atoms with E-state index in [1.807, 2.05) is 97.1 Å². The van der Waals surface area contributed by atoms with Crippen LogP contribution in [0.4, 0.5) is 0 Å². The van der Waals surface area contributed by atoms with E-state index in [0.29, 0.717) is 17.9 Å². The molecule has 14 heteroatoms. The molecule has 0 fully saturated rings. The van der Waals surface area contributed by atoms with Gasteiger partial charge in [0.15, 0.2) is 23.5 Å². The molecule has 4 aromatic carbocycles. The number of benzene rings is 4. The second-order valence-corrected chi connectivity index (χ2v) is 14.8. The molecule has 0 bridgehead atoms. The number of ketones is 2. The molecule has 13 N–H and O–H groups in total. The lowest BCUT2D eigenvalue weighted by Crippen LogP contribution is -2.47. The van der Waals surface area contributed by atoms with Crippen LogP contribution in [0.3, 0.4) is 0 Å². The Labute approximate surface area is 344 Å². The van der Waals surface area contributed by atoms with Crippen molar-refractivity contribution >= 4 is 46.9 Å². The van der Waals surface area contributed by atoms with Crippen molar-refractivity contribution in [3.05, 3.63) is 119 Å². The summed E-state index contributed by atoms with van der Waals surface area (Å²) >= 11 is 6.21. The number of nitrogens with zero attached hydrogens (tertiary/aromatic N) is 2. The molecule has 2 amide bonds. The van der Waals surface area contributed by atoms with Gasteiger partial charge in [-0.1, -0.05) is 103 Å². The fourth-order valence-electron chi connectivity index (χ4n) is 6.65. The molecule has 13 nitrogen and oxygen atoms in total. The van der Waals surface area contributed by atoms with E-state index < -0.39 is 35.7 Å². The second kappa shape index (κ2) is 22.6. The van der Waals surface area contributed by atoms with E-state index in [1.54, 1.807) is 6.07 Å². The van der Waals surface area contributed by atoms with E-state index in [1.165, 1.54) is 0 Å². The SMILES string of the molecule is NC(=O)[C@H](CCCN=C(N)N)CC(=O)[C@H](Cc1ccc(-c2cccc(Cl)c2)cc1)NC(=O)[C@H](CCCN=C(N)N)CC(=O)[C@@H](N)Cc1ccc(-c2ccccc2)cc1. The molecule has 0 saturated heterocycles. The van der Waals surface area contributed by atoms with E-state index >= 15 is 0 Å². The number of nitrogens with one attached hydrogen (secondary N) is 1. The molecular weight excluding hydrogens is 754 g/mol. The van der Waals surface area contributed by atoms with Crippen molar-refractivity contribution in [2.75, 3.05) is 13.1 Å². The third-order valence-electron chi connectivity index (χ3n) is 9.87. The Morgan fingerprint density at radius 3 is 1.64 bits per heavy atom. The number of nitrogens with two attached hydrogens (primary N) is 6. The number of carbonyl (C=O) groups is 4. The normalized spacial score (nSPS) is 13.0. The Bertz CT molecular complexity index is 2030. The largest absolute Gasteiger partial charge is 0.370 e. The average Bonchev–Trinajstić information content (AvgIpc) is 3.20. The van der Waals surface area contributed by atoms with Gasteiger partial charge in [0.05, 0.1) is 12.1 Å². The zero-order valence-electron chi connectivity index (χ0n) is 32.6.